The lowest BCUT2D eigenvalue weighted by atomic mass is 9.83. The minimum atomic E-state index is -0.740. The van der Waals surface area contributed by atoms with Gasteiger partial charge in [-0.1, -0.05) is 5.16 Å². The fourth-order valence-corrected chi connectivity index (χ4v) is 4.29. The number of ether oxygens (including phenoxy) is 1. The monoisotopic (exact) mass is 392 g/mol. The Bertz CT molecular complexity index is 696. The number of hydrogen-bond donors (Lipinski definition) is 2. The van der Waals surface area contributed by atoms with Crippen molar-refractivity contribution in [3.8, 4) is 0 Å². The number of aliphatic hydroxyl groups excluding tert-OH is 1. The molecule has 2 saturated heterocycles. The molecule has 0 aromatic carbocycles. The summed E-state index contributed by atoms with van der Waals surface area (Å²) in [4.78, 5) is 29.0. The first-order valence-electron chi connectivity index (χ1n) is 10.2. The number of nitrogens with one attached hydrogen (secondary N) is 1. The molecule has 0 spiro atoms. The normalized spacial score (nSPS) is 28.4. The van der Waals surface area contributed by atoms with Crippen LogP contribution in [0.3, 0.4) is 0 Å². The number of rotatable bonds is 4. The predicted octanol–water partition coefficient (Wildman–Crippen LogP) is 0.393. The molecular weight excluding hydrogens is 364 g/mol. The Balaban J connectivity index is 1.30. The highest BCUT2D eigenvalue weighted by Gasteiger charge is 2.36. The van der Waals surface area contributed by atoms with Crippen molar-refractivity contribution in [2.75, 3.05) is 44.3 Å². The van der Waals surface area contributed by atoms with Crippen LogP contribution in [0.15, 0.2) is 10.6 Å². The molecule has 1 aliphatic carbocycles. The van der Waals surface area contributed by atoms with E-state index in [9.17, 15) is 14.7 Å². The molecule has 3 fully saturated rings. The first-order chi connectivity index (χ1) is 13.6. The zero-order valence-electron chi connectivity index (χ0n) is 16.0. The van der Waals surface area contributed by atoms with Gasteiger partial charge in [-0.2, -0.15) is 0 Å². The molecule has 4 rings (SSSR count). The van der Waals surface area contributed by atoms with E-state index in [2.05, 4.69) is 10.5 Å². The van der Waals surface area contributed by atoms with Gasteiger partial charge in [0.05, 0.1) is 25.4 Å². The van der Waals surface area contributed by atoms with Crippen molar-refractivity contribution in [3.63, 3.8) is 0 Å². The number of morpholine rings is 1. The van der Waals surface area contributed by atoms with Crippen molar-refractivity contribution in [2.24, 2.45) is 5.92 Å². The highest BCUT2D eigenvalue weighted by molar-refractivity contribution is 5.92. The maximum Gasteiger partial charge on any atom is 0.290 e. The minimum absolute atomic E-state index is 0.129. The Morgan fingerprint density at radius 2 is 1.89 bits per heavy atom. The van der Waals surface area contributed by atoms with Crippen LogP contribution in [0.25, 0.3) is 0 Å². The number of amides is 2. The van der Waals surface area contributed by atoms with Crippen molar-refractivity contribution in [3.05, 3.63) is 11.8 Å². The maximum absolute atomic E-state index is 12.5. The number of carbonyl (C=O) groups excluding carboxylic acids is 2. The Morgan fingerprint density at radius 3 is 2.61 bits per heavy atom. The third-order valence-corrected chi connectivity index (χ3v) is 5.96. The molecule has 2 aliphatic heterocycles. The second kappa shape index (κ2) is 8.48. The summed E-state index contributed by atoms with van der Waals surface area (Å²) in [6.45, 7) is 4.31. The highest BCUT2D eigenvalue weighted by Crippen LogP contribution is 2.28. The highest BCUT2D eigenvalue weighted by atomic mass is 16.5. The molecule has 3 unspecified atom stereocenters. The molecule has 9 nitrogen and oxygen atoms in total. The third-order valence-electron chi connectivity index (χ3n) is 5.96. The summed E-state index contributed by atoms with van der Waals surface area (Å²) < 4.78 is 10.5. The number of likely N-dealkylation sites (tertiary alicyclic amines) is 1. The number of aliphatic hydroxyl groups is 1. The molecule has 3 atom stereocenters. The summed E-state index contributed by atoms with van der Waals surface area (Å²) in [5, 5.41) is 17.3. The lowest BCUT2D eigenvalue weighted by molar-refractivity contribution is -0.137. The molecule has 9 heteroatoms. The van der Waals surface area contributed by atoms with Gasteiger partial charge in [-0.15, -0.1) is 0 Å². The SMILES string of the molecule is O=C(NC1CCC(C(=O)N2CCCC2)CC1O)c1cc(N2CCOCC2)no1. The molecular formula is C19H28N4O5. The van der Waals surface area contributed by atoms with Crippen LogP contribution in [0.4, 0.5) is 5.82 Å². The first-order valence-corrected chi connectivity index (χ1v) is 10.2. The molecule has 3 aliphatic rings. The molecule has 154 valence electrons. The van der Waals surface area contributed by atoms with Gasteiger partial charge in [-0.05, 0) is 32.1 Å². The van der Waals surface area contributed by atoms with Crippen LogP contribution in [0, 0.1) is 5.92 Å². The minimum Gasteiger partial charge on any atom is -0.391 e. The summed E-state index contributed by atoms with van der Waals surface area (Å²) >= 11 is 0. The predicted molar refractivity (Wildman–Crippen MR) is 100.0 cm³/mol. The Hall–Kier alpha value is -2.13. The summed E-state index contributed by atoms with van der Waals surface area (Å²) in [5.41, 5.74) is 0. The molecule has 0 bridgehead atoms. The second-order valence-electron chi connectivity index (χ2n) is 7.84. The van der Waals surface area contributed by atoms with E-state index in [1.54, 1.807) is 6.07 Å². The van der Waals surface area contributed by atoms with E-state index in [4.69, 9.17) is 9.26 Å². The Labute approximate surface area is 164 Å². The van der Waals surface area contributed by atoms with E-state index in [1.165, 1.54) is 0 Å². The molecule has 2 amide bonds. The fourth-order valence-electron chi connectivity index (χ4n) is 4.29. The van der Waals surface area contributed by atoms with Gasteiger partial charge in [-0.3, -0.25) is 9.59 Å². The van der Waals surface area contributed by atoms with Crippen LogP contribution in [0.1, 0.15) is 42.7 Å². The van der Waals surface area contributed by atoms with Gasteiger partial charge >= 0.3 is 0 Å². The molecule has 1 aromatic rings. The standard InChI is InChI=1S/C19H28N4O5/c24-15-11-13(19(26)23-5-1-2-6-23)3-4-14(15)20-18(25)16-12-17(21-28-16)22-7-9-27-10-8-22/h12-15,24H,1-11H2,(H,20,25). The van der Waals surface area contributed by atoms with E-state index >= 15 is 0 Å². The summed E-state index contributed by atoms with van der Waals surface area (Å²) in [7, 11) is 0. The van der Waals surface area contributed by atoms with E-state index in [0.29, 0.717) is 51.4 Å². The van der Waals surface area contributed by atoms with Gasteiger partial charge in [0.15, 0.2) is 5.82 Å². The lowest BCUT2D eigenvalue weighted by Crippen LogP contribution is -2.49. The van der Waals surface area contributed by atoms with Crippen LogP contribution < -0.4 is 10.2 Å². The maximum atomic E-state index is 12.5. The van der Waals surface area contributed by atoms with Gasteiger partial charge in [0.25, 0.3) is 5.91 Å². The first kappa shape index (κ1) is 19.2. The average Bonchev–Trinajstić information content (AvgIpc) is 3.42. The largest absolute Gasteiger partial charge is 0.391 e. The van der Waals surface area contributed by atoms with Gasteiger partial charge in [0, 0.05) is 38.2 Å². The molecule has 2 N–H and O–H groups in total. The lowest BCUT2D eigenvalue weighted by Gasteiger charge is -2.34. The van der Waals surface area contributed by atoms with E-state index in [-0.39, 0.29) is 29.5 Å². The van der Waals surface area contributed by atoms with Crippen LogP contribution in [0.5, 0.6) is 0 Å². The number of aromatic nitrogens is 1. The smallest absolute Gasteiger partial charge is 0.290 e. The van der Waals surface area contributed by atoms with Crippen LogP contribution >= 0.6 is 0 Å². The van der Waals surface area contributed by atoms with Crippen LogP contribution in [-0.2, 0) is 9.53 Å². The molecule has 1 aromatic heterocycles. The van der Waals surface area contributed by atoms with Crippen molar-refractivity contribution < 1.29 is 24.0 Å². The second-order valence-corrected chi connectivity index (χ2v) is 7.84. The summed E-state index contributed by atoms with van der Waals surface area (Å²) in [6, 6.07) is 1.24. The van der Waals surface area contributed by atoms with E-state index in [0.717, 1.165) is 25.9 Å². The van der Waals surface area contributed by atoms with E-state index in [1.807, 2.05) is 9.80 Å². The van der Waals surface area contributed by atoms with Crippen molar-refractivity contribution in [1.82, 2.24) is 15.4 Å². The van der Waals surface area contributed by atoms with Crippen molar-refractivity contribution >= 4 is 17.6 Å². The van der Waals surface area contributed by atoms with Gasteiger partial charge in [0.2, 0.25) is 11.7 Å². The Morgan fingerprint density at radius 1 is 1.14 bits per heavy atom. The molecule has 3 heterocycles. The molecule has 0 radical (unpaired) electrons. The summed E-state index contributed by atoms with van der Waals surface area (Å²) in [5.74, 6) is 0.351. The quantitative estimate of drug-likeness (QED) is 0.763. The van der Waals surface area contributed by atoms with Gasteiger partial charge in [-0.25, -0.2) is 0 Å². The average molecular weight is 392 g/mol. The van der Waals surface area contributed by atoms with Crippen LogP contribution in [0.2, 0.25) is 0 Å². The zero-order chi connectivity index (χ0) is 19.5. The Kier molecular flexibility index (Phi) is 5.82. The summed E-state index contributed by atoms with van der Waals surface area (Å²) in [6.07, 6.45) is 3.01. The third kappa shape index (κ3) is 4.15. The molecule has 1 saturated carbocycles. The number of hydrogen-bond acceptors (Lipinski definition) is 7. The van der Waals surface area contributed by atoms with Crippen molar-refractivity contribution in [2.45, 2.75) is 44.2 Å². The van der Waals surface area contributed by atoms with E-state index < -0.39 is 6.10 Å². The van der Waals surface area contributed by atoms with Gasteiger partial charge < -0.3 is 29.5 Å². The van der Waals surface area contributed by atoms with Gasteiger partial charge in [0.1, 0.15) is 0 Å². The van der Waals surface area contributed by atoms with Crippen molar-refractivity contribution in [1.29, 1.82) is 0 Å². The number of anilines is 1. The molecule has 28 heavy (non-hydrogen) atoms. The fraction of sp³-hybridized carbons (Fsp3) is 0.737. The number of carbonyl (C=O) groups is 2. The topological polar surface area (TPSA) is 108 Å². The number of nitrogens with zero attached hydrogens (tertiary/aromatic N) is 3. The van der Waals surface area contributed by atoms with Crippen LogP contribution in [-0.4, -0.2) is 78.5 Å². The zero-order valence-corrected chi connectivity index (χ0v) is 16.0.